The molecular formula is C27H36F3N5O3. The van der Waals surface area contributed by atoms with E-state index in [1.165, 1.54) is 27.1 Å². The average Bonchev–Trinajstić information content (AvgIpc) is 2.87. The second-order valence-electron chi connectivity index (χ2n) is 9.97. The number of aromatic nitrogens is 2. The van der Waals surface area contributed by atoms with Gasteiger partial charge in [0.25, 0.3) is 5.91 Å². The third-order valence-electron chi connectivity index (χ3n) is 7.41. The SMILES string of the molecule is CNC(=O)c1ccc(Nc2ncc(C(F)(F)F)c(CC(C)C(C)C3CCCCC3NC(C)=O)n2)c(OC)c1. The number of carbonyl (C=O) groups excluding carboxylic acids is 2. The lowest BCUT2D eigenvalue weighted by molar-refractivity contribution is -0.138. The second kappa shape index (κ2) is 12.4. The predicted octanol–water partition coefficient (Wildman–Crippen LogP) is 5.12. The number of alkyl halides is 3. The third-order valence-corrected chi connectivity index (χ3v) is 7.41. The largest absolute Gasteiger partial charge is 0.495 e. The van der Waals surface area contributed by atoms with E-state index in [1.54, 1.807) is 12.1 Å². The number of rotatable bonds is 9. The van der Waals surface area contributed by atoms with E-state index in [4.69, 9.17) is 4.74 Å². The summed E-state index contributed by atoms with van der Waals surface area (Å²) < 4.78 is 47.0. The van der Waals surface area contributed by atoms with Crippen LogP contribution in [0.15, 0.2) is 24.4 Å². The molecule has 1 heterocycles. The van der Waals surface area contributed by atoms with Gasteiger partial charge in [-0.3, -0.25) is 9.59 Å². The summed E-state index contributed by atoms with van der Waals surface area (Å²) in [5, 5.41) is 8.49. The Hall–Kier alpha value is -3.37. The third kappa shape index (κ3) is 7.14. The van der Waals surface area contributed by atoms with E-state index in [0.29, 0.717) is 17.0 Å². The van der Waals surface area contributed by atoms with Crippen LogP contribution in [0.1, 0.15) is 68.1 Å². The minimum absolute atomic E-state index is 0.00682. The molecule has 1 aliphatic carbocycles. The number of halogens is 3. The number of anilines is 2. The number of methoxy groups -OCH3 is 1. The highest BCUT2D eigenvalue weighted by atomic mass is 19.4. The van der Waals surface area contributed by atoms with Crippen LogP contribution in [-0.4, -0.2) is 42.0 Å². The summed E-state index contributed by atoms with van der Waals surface area (Å²) in [6, 6.07) is 4.69. The Morgan fingerprint density at radius 2 is 1.89 bits per heavy atom. The molecule has 3 rings (SSSR count). The fraction of sp³-hybridized carbons (Fsp3) is 0.556. The highest BCUT2D eigenvalue weighted by Gasteiger charge is 2.37. The zero-order chi connectivity index (χ0) is 28.0. The van der Waals surface area contributed by atoms with Gasteiger partial charge in [-0.25, -0.2) is 9.97 Å². The van der Waals surface area contributed by atoms with Gasteiger partial charge >= 0.3 is 6.18 Å². The summed E-state index contributed by atoms with van der Waals surface area (Å²) in [6.07, 6.45) is 0.149. The number of benzene rings is 1. The van der Waals surface area contributed by atoms with Gasteiger partial charge in [0, 0.05) is 31.8 Å². The number of carbonyl (C=O) groups is 2. The van der Waals surface area contributed by atoms with E-state index in [-0.39, 0.29) is 53.7 Å². The summed E-state index contributed by atoms with van der Waals surface area (Å²) in [5.41, 5.74) is -0.187. The van der Waals surface area contributed by atoms with Crippen molar-refractivity contribution in [3.8, 4) is 5.75 Å². The van der Waals surface area contributed by atoms with Gasteiger partial charge in [0.2, 0.25) is 11.9 Å². The van der Waals surface area contributed by atoms with Crippen LogP contribution in [0.3, 0.4) is 0 Å². The molecule has 2 amide bonds. The number of nitrogens with one attached hydrogen (secondary N) is 3. The lowest BCUT2D eigenvalue weighted by Gasteiger charge is -2.38. The molecule has 8 nitrogen and oxygen atoms in total. The van der Waals surface area contributed by atoms with E-state index >= 15 is 0 Å². The monoisotopic (exact) mass is 535 g/mol. The van der Waals surface area contributed by atoms with Crippen molar-refractivity contribution < 1.29 is 27.5 Å². The minimum atomic E-state index is -4.60. The van der Waals surface area contributed by atoms with Crippen LogP contribution in [-0.2, 0) is 17.4 Å². The highest BCUT2D eigenvalue weighted by Crippen LogP contribution is 2.38. The van der Waals surface area contributed by atoms with Crippen LogP contribution in [0.5, 0.6) is 5.75 Å². The minimum Gasteiger partial charge on any atom is -0.495 e. The van der Waals surface area contributed by atoms with Crippen LogP contribution in [0.4, 0.5) is 24.8 Å². The van der Waals surface area contributed by atoms with Crippen molar-refractivity contribution in [3.63, 3.8) is 0 Å². The smallest absolute Gasteiger partial charge is 0.419 e. The summed E-state index contributed by atoms with van der Waals surface area (Å²) in [4.78, 5) is 31.8. The fourth-order valence-electron chi connectivity index (χ4n) is 5.21. The number of ether oxygens (including phenoxy) is 1. The molecular weight excluding hydrogens is 499 g/mol. The van der Waals surface area contributed by atoms with Crippen molar-refractivity contribution in [1.82, 2.24) is 20.6 Å². The molecule has 2 aromatic rings. The van der Waals surface area contributed by atoms with Crippen molar-refractivity contribution >= 4 is 23.5 Å². The molecule has 1 aliphatic rings. The lowest BCUT2D eigenvalue weighted by Crippen LogP contribution is -2.44. The van der Waals surface area contributed by atoms with Gasteiger partial charge in [-0.15, -0.1) is 0 Å². The van der Waals surface area contributed by atoms with Gasteiger partial charge in [-0.2, -0.15) is 13.2 Å². The lowest BCUT2D eigenvalue weighted by atomic mass is 9.71. The number of amides is 2. The first-order valence-corrected chi connectivity index (χ1v) is 12.8. The van der Waals surface area contributed by atoms with E-state index < -0.39 is 11.7 Å². The zero-order valence-corrected chi connectivity index (χ0v) is 22.4. The van der Waals surface area contributed by atoms with Gasteiger partial charge in [-0.05, 0) is 55.2 Å². The molecule has 0 spiro atoms. The second-order valence-corrected chi connectivity index (χ2v) is 9.97. The van der Waals surface area contributed by atoms with Gasteiger partial charge in [0.15, 0.2) is 0 Å². The summed E-state index contributed by atoms with van der Waals surface area (Å²) >= 11 is 0. The molecule has 1 fully saturated rings. The Kier molecular flexibility index (Phi) is 9.56. The summed E-state index contributed by atoms with van der Waals surface area (Å²) in [5.74, 6) is 0.0410. The molecule has 0 saturated heterocycles. The Morgan fingerprint density at radius 1 is 1.18 bits per heavy atom. The van der Waals surface area contributed by atoms with E-state index in [0.717, 1.165) is 31.9 Å². The van der Waals surface area contributed by atoms with Crippen molar-refractivity contribution in [2.75, 3.05) is 19.5 Å². The topological polar surface area (TPSA) is 105 Å². The molecule has 1 aromatic carbocycles. The standard InChI is InChI=1S/C27H36F3N5O3/c1-15(16(2)19-8-6-7-9-21(19)33-17(3)36)12-23-20(27(28,29)30)14-32-26(35-23)34-22-11-10-18(25(37)31-4)13-24(22)38-5/h10-11,13-16,19,21H,6-9,12H2,1-5H3,(H,31,37)(H,33,36)(H,32,34,35). The molecule has 38 heavy (non-hydrogen) atoms. The van der Waals surface area contributed by atoms with Crippen LogP contribution < -0.4 is 20.7 Å². The maximum Gasteiger partial charge on any atom is 0.419 e. The van der Waals surface area contributed by atoms with Crippen LogP contribution in [0, 0.1) is 17.8 Å². The molecule has 208 valence electrons. The summed E-state index contributed by atoms with van der Waals surface area (Å²) in [6.45, 7) is 5.47. The van der Waals surface area contributed by atoms with E-state index in [2.05, 4.69) is 25.9 Å². The van der Waals surface area contributed by atoms with Crippen LogP contribution >= 0.6 is 0 Å². The first-order valence-electron chi connectivity index (χ1n) is 12.8. The number of hydrogen-bond donors (Lipinski definition) is 3. The zero-order valence-electron chi connectivity index (χ0n) is 22.4. The maximum atomic E-state index is 13.9. The first-order chi connectivity index (χ1) is 17.9. The first kappa shape index (κ1) is 29.2. The van der Waals surface area contributed by atoms with Gasteiger partial charge < -0.3 is 20.7 Å². The Labute approximate surface area is 221 Å². The van der Waals surface area contributed by atoms with Crippen molar-refractivity contribution in [2.24, 2.45) is 17.8 Å². The quantitative estimate of drug-likeness (QED) is 0.412. The highest BCUT2D eigenvalue weighted by molar-refractivity contribution is 5.95. The maximum absolute atomic E-state index is 13.9. The summed E-state index contributed by atoms with van der Waals surface area (Å²) in [7, 11) is 2.93. The molecule has 4 atom stereocenters. The Bertz CT molecular complexity index is 1140. The van der Waals surface area contributed by atoms with Crippen molar-refractivity contribution in [3.05, 3.63) is 41.2 Å². The molecule has 1 aromatic heterocycles. The normalized spacial score (nSPS) is 19.3. The van der Waals surface area contributed by atoms with Crippen LogP contribution in [0.25, 0.3) is 0 Å². The predicted molar refractivity (Wildman–Crippen MR) is 138 cm³/mol. The molecule has 11 heteroatoms. The van der Waals surface area contributed by atoms with Gasteiger partial charge in [0.1, 0.15) is 5.75 Å². The Balaban J connectivity index is 1.87. The van der Waals surface area contributed by atoms with E-state index in [1.807, 2.05) is 13.8 Å². The number of hydrogen-bond acceptors (Lipinski definition) is 6. The molecule has 4 unspecified atom stereocenters. The Morgan fingerprint density at radius 3 is 2.53 bits per heavy atom. The number of nitrogens with zero attached hydrogens (tertiary/aromatic N) is 2. The molecule has 0 bridgehead atoms. The molecule has 1 saturated carbocycles. The average molecular weight is 536 g/mol. The van der Waals surface area contributed by atoms with Crippen molar-refractivity contribution in [2.45, 2.75) is 65.1 Å². The van der Waals surface area contributed by atoms with Crippen LogP contribution in [0.2, 0.25) is 0 Å². The molecule has 0 aliphatic heterocycles. The molecule has 0 radical (unpaired) electrons. The fourth-order valence-corrected chi connectivity index (χ4v) is 5.21. The van der Waals surface area contributed by atoms with Crippen molar-refractivity contribution in [1.29, 1.82) is 0 Å². The molecule has 3 N–H and O–H groups in total. The van der Waals surface area contributed by atoms with Gasteiger partial charge in [-0.1, -0.05) is 26.7 Å². The van der Waals surface area contributed by atoms with Gasteiger partial charge in [0.05, 0.1) is 24.1 Å². The van der Waals surface area contributed by atoms with E-state index in [9.17, 15) is 22.8 Å².